The normalized spacial score (nSPS) is 22.3. The fourth-order valence-corrected chi connectivity index (χ4v) is 3.66. The highest BCUT2D eigenvalue weighted by molar-refractivity contribution is 7.17. The Morgan fingerprint density at radius 1 is 1.43 bits per heavy atom. The van der Waals surface area contributed by atoms with Gasteiger partial charge in [0.25, 0.3) is 5.91 Å². The Morgan fingerprint density at radius 2 is 2.29 bits per heavy atom. The molecule has 1 amide bonds. The van der Waals surface area contributed by atoms with Crippen LogP contribution in [0, 0.1) is 5.92 Å². The van der Waals surface area contributed by atoms with Crippen molar-refractivity contribution in [3.05, 3.63) is 23.7 Å². The molecule has 2 unspecified atom stereocenters. The molecular weight excluding hydrogens is 284 g/mol. The first-order chi connectivity index (χ1) is 10.2. The number of fused-ring (bicyclic) bond motifs is 1. The molecule has 2 aromatic rings. The smallest absolute Gasteiger partial charge is 0.251 e. The van der Waals surface area contributed by atoms with Crippen molar-refractivity contribution in [3.63, 3.8) is 0 Å². The maximum Gasteiger partial charge on any atom is 0.251 e. The zero-order valence-electron chi connectivity index (χ0n) is 12.2. The minimum Gasteiger partial charge on any atom is -0.368 e. The van der Waals surface area contributed by atoms with Crippen LogP contribution in [0.15, 0.2) is 23.7 Å². The first kappa shape index (κ1) is 14.5. The predicted octanol–water partition coefficient (Wildman–Crippen LogP) is 3.83. The van der Waals surface area contributed by atoms with E-state index in [0.717, 1.165) is 16.5 Å². The summed E-state index contributed by atoms with van der Waals surface area (Å²) in [7, 11) is 0. The van der Waals surface area contributed by atoms with Crippen LogP contribution in [0.4, 0.5) is 5.82 Å². The zero-order valence-corrected chi connectivity index (χ0v) is 13.0. The van der Waals surface area contributed by atoms with Gasteiger partial charge in [0.2, 0.25) is 0 Å². The van der Waals surface area contributed by atoms with Gasteiger partial charge >= 0.3 is 0 Å². The summed E-state index contributed by atoms with van der Waals surface area (Å²) < 4.78 is 6.91. The monoisotopic (exact) mass is 304 g/mol. The molecule has 21 heavy (non-hydrogen) atoms. The fraction of sp³-hybridized carbons (Fsp3) is 0.500. The standard InChI is InChI=1S/C16H20N2O2S/c1-11-4-2-3-5-13(11)20-10-15(19)18-16-12-7-9-21-14(12)6-8-17-16/h6-9,11,13H,2-5,10H2,1H3,(H,17,18,19). The maximum atomic E-state index is 12.1. The van der Waals surface area contributed by atoms with E-state index in [0.29, 0.717) is 11.7 Å². The molecule has 1 fully saturated rings. The van der Waals surface area contributed by atoms with Crippen LogP contribution >= 0.6 is 11.3 Å². The van der Waals surface area contributed by atoms with E-state index in [1.54, 1.807) is 17.5 Å². The Labute approximate surface area is 128 Å². The highest BCUT2D eigenvalue weighted by Crippen LogP contribution is 2.27. The van der Waals surface area contributed by atoms with E-state index in [1.807, 2.05) is 17.5 Å². The maximum absolute atomic E-state index is 12.1. The number of ether oxygens (including phenoxy) is 1. The Bertz CT molecular complexity index is 626. The Hall–Kier alpha value is -1.46. The third-order valence-corrected chi connectivity index (χ3v) is 4.98. The number of carbonyl (C=O) groups is 1. The van der Waals surface area contributed by atoms with Crippen molar-refractivity contribution in [1.29, 1.82) is 0 Å². The molecule has 1 aliphatic rings. The van der Waals surface area contributed by atoms with Gasteiger partial charge < -0.3 is 10.1 Å². The summed E-state index contributed by atoms with van der Waals surface area (Å²) in [6, 6.07) is 3.93. The number of nitrogens with one attached hydrogen (secondary N) is 1. The van der Waals surface area contributed by atoms with Crippen molar-refractivity contribution >= 4 is 33.1 Å². The average Bonchev–Trinajstić information content (AvgIpc) is 2.96. The van der Waals surface area contributed by atoms with E-state index in [2.05, 4.69) is 17.2 Å². The van der Waals surface area contributed by atoms with Crippen LogP contribution in [0.2, 0.25) is 0 Å². The van der Waals surface area contributed by atoms with Gasteiger partial charge in [0.15, 0.2) is 0 Å². The van der Waals surface area contributed by atoms with Gasteiger partial charge in [-0.05, 0) is 36.3 Å². The van der Waals surface area contributed by atoms with Gasteiger partial charge in [-0.25, -0.2) is 4.98 Å². The summed E-state index contributed by atoms with van der Waals surface area (Å²) in [5.41, 5.74) is 0. The molecule has 0 aromatic carbocycles. The number of amides is 1. The molecule has 0 bridgehead atoms. The first-order valence-electron chi connectivity index (χ1n) is 7.47. The SMILES string of the molecule is CC1CCCCC1OCC(=O)Nc1nccc2sccc12. The molecule has 2 aromatic heterocycles. The van der Waals surface area contributed by atoms with Gasteiger partial charge in [0, 0.05) is 16.3 Å². The number of carbonyl (C=O) groups excluding carboxylic acids is 1. The van der Waals surface area contributed by atoms with Crippen molar-refractivity contribution in [2.75, 3.05) is 11.9 Å². The van der Waals surface area contributed by atoms with E-state index in [4.69, 9.17) is 4.74 Å². The minimum atomic E-state index is -0.126. The third-order valence-electron chi connectivity index (χ3n) is 4.10. The third kappa shape index (κ3) is 3.41. The van der Waals surface area contributed by atoms with Crippen molar-refractivity contribution in [1.82, 2.24) is 4.98 Å². The van der Waals surface area contributed by atoms with Gasteiger partial charge in [-0.15, -0.1) is 11.3 Å². The van der Waals surface area contributed by atoms with Crippen LogP contribution < -0.4 is 5.32 Å². The van der Waals surface area contributed by atoms with Gasteiger partial charge in [0.05, 0.1) is 6.10 Å². The van der Waals surface area contributed by atoms with E-state index >= 15 is 0 Å². The summed E-state index contributed by atoms with van der Waals surface area (Å²) in [6.07, 6.45) is 6.67. The molecule has 1 saturated carbocycles. The molecule has 4 nitrogen and oxygen atoms in total. The fourth-order valence-electron chi connectivity index (χ4n) is 2.88. The van der Waals surface area contributed by atoms with E-state index in [1.165, 1.54) is 19.3 Å². The van der Waals surface area contributed by atoms with Crippen LogP contribution in [0.25, 0.3) is 10.1 Å². The van der Waals surface area contributed by atoms with Crippen LogP contribution in [0.3, 0.4) is 0 Å². The van der Waals surface area contributed by atoms with E-state index < -0.39 is 0 Å². The van der Waals surface area contributed by atoms with Gasteiger partial charge in [-0.1, -0.05) is 19.8 Å². The first-order valence-corrected chi connectivity index (χ1v) is 8.35. The lowest BCUT2D eigenvalue weighted by atomic mass is 9.88. The number of rotatable bonds is 4. The summed E-state index contributed by atoms with van der Waals surface area (Å²) >= 11 is 1.64. The largest absolute Gasteiger partial charge is 0.368 e. The zero-order chi connectivity index (χ0) is 14.7. The summed E-state index contributed by atoms with van der Waals surface area (Å²) in [5.74, 6) is 1.04. The average molecular weight is 304 g/mol. The molecule has 1 N–H and O–H groups in total. The molecule has 112 valence electrons. The number of nitrogens with zero attached hydrogens (tertiary/aromatic N) is 1. The van der Waals surface area contributed by atoms with Crippen molar-refractivity contribution < 1.29 is 9.53 Å². The molecule has 0 radical (unpaired) electrons. The predicted molar refractivity (Wildman–Crippen MR) is 85.6 cm³/mol. The molecule has 1 aliphatic carbocycles. The van der Waals surface area contributed by atoms with Gasteiger partial charge in [-0.3, -0.25) is 4.79 Å². The minimum absolute atomic E-state index is 0.108. The lowest BCUT2D eigenvalue weighted by Gasteiger charge is -2.28. The number of pyridine rings is 1. The highest BCUT2D eigenvalue weighted by atomic mass is 32.1. The van der Waals surface area contributed by atoms with E-state index in [9.17, 15) is 4.79 Å². The van der Waals surface area contributed by atoms with Crippen LogP contribution in [-0.2, 0) is 9.53 Å². The van der Waals surface area contributed by atoms with Gasteiger partial charge in [-0.2, -0.15) is 0 Å². The Balaban J connectivity index is 1.58. The molecule has 5 heteroatoms. The lowest BCUT2D eigenvalue weighted by Crippen LogP contribution is -2.30. The molecular formula is C16H20N2O2S. The molecule has 3 rings (SSSR count). The summed E-state index contributed by atoms with van der Waals surface area (Å²) in [6.45, 7) is 2.31. The van der Waals surface area contributed by atoms with Gasteiger partial charge in [0.1, 0.15) is 12.4 Å². The summed E-state index contributed by atoms with van der Waals surface area (Å²) in [4.78, 5) is 16.3. The van der Waals surface area contributed by atoms with Crippen LogP contribution in [0.5, 0.6) is 0 Å². The molecule has 2 heterocycles. The lowest BCUT2D eigenvalue weighted by molar-refractivity contribution is -0.124. The van der Waals surface area contributed by atoms with Crippen molar-refractivity contribution in [2.24, 2.45) is 5.92 Å². The Kier molecular flexibility index (Phi) is 4.51. The quantitative estimate of drug-likeness (QED) is 0.934. The molecule has 0 aliphatic heterocycles. The topological polar surface area (TPSA) is 51.2 Å². The van der Waals surface area contributed by atoms with Crippen LogP contribution in [-0.4, -0.2) is 23.6 Å². The second-order valence-corrected chi connectivity index (χ2v) is 6.60. The van der Waals surface area contributed by atoms with Crippen molar-refractivity contribution in [3.8, 4) is 0 Å². The van der Waals surface area contributed by atoms with Crippen molar-refractivity contribution in [2.45, 2.75) is 38.7 Å². The molecule has 0 spiro atoms. The Morgan fingerprint density at radius 3 is 3.14 bits per heavy atom. The number of hydrogen-bond donors (Lipinski definition) is 1. The number of aromatic nitrogens is 1. The molecule has 0 saturated heterocycles. The second kappa shape index (κ2) is 6.54. The second-order valence-electron chi connectivity index (χ2n) is 5.65. The summed E-state index contributed by atoms with van der Waals surface area (Å²) in [5, 5.41) is 5.85. The highest BCUT2D eigenvalue weighted by Gasteiger charge is 2.22. The number of hydrogen-bond acceptors (Lipinski definition) is 4. The number of thiophene rings is 1. The molecule has 2 atom stereocenters. The van der Waals surface area contributed by atoms with E-state index in [-0.39, 0.29) is 18.6 Å². The van der Waals surface area contributed by atoms with Crippen LogP contribution in [0.1, 0.15) is 32.6 Å². The number of anilines is 1.